The Morgan fingerprint density at radius 3 is 2.00 bits per heavy atom. The van der Waals surface area contributed by atoms with E-state index in [1.807, 2.05) is 19.1 Å². The van der Waals surface area contributed by atoms with E-state index in [0.717, 1.165) is 11.3 Å². The first-order valence-corrected chi connectivity index (χ1v) is 13.3. The first kappa shape index (κ1) is 26.8. The molecule has 1 heterocycles. The molecule has 1 unspecified atom stereocenters. The number of hydrogen-bond donors (Lipinski definition) is 2. The van der Waals surface area contributed by atoms with Crippen molar-refractivity contribution in [3.63, 3.8) is 0 Å². The SMILES string of the molecule is CCCCCCCCCCCCCCCCSCC(Nc1ncccc1C)C(=O)O. The van der Waals surface area contributed by atoms with Crippen LogP contribution in [0.3, 0.4) is 0 Å². The summed E-state index contributed by atoms with van der Waals surface area (Å²) in [5, 5.41) is 12.5. The quantitative estimate of drug-likeness (QED) is 0.208. The third-order valence-electron chi connectivity index (χ3n) is 5.55. The molecular formula is C25H44N2O2S. The Kier molecular flexibility index (Phi) is 16.6. The molecule has 0 bridgehead atoms. The number of pyridine rings is 1. The molecule has 4 nitrogen and oxygen atoms in total. The molecule has 5 heteroatoms. The standard InChI is InChI=1S/C25H44N2O2S/c1-3-4-5-6-7-8-9-10-11-12-13-14-15-16-20-30-21-23(25(28)29)27-24-22(2)18-17-19-26-24/h17-19,23H,3-16,20-21H2,1-2H3,(H,26,27)(H,28,29). The third kappa shape index (κ3) is 13.9. The second-order valence-electron chi connectivity index (χ2n) is 8.38. The summed E-state index contributed by atoms with van der Waals surface area (Å²) in [5.74, 6) is 1.46. The van der Waals surface area contributed by atoms with Gasteiger partial charge in [0, 0.05) is 11.9 Å². The lowest BCUT2D eigenvalue weighted by Crippen LogP contribution is -2.32. The van der Waals surface area contributed by atoms with Gasteiger partial charge in [-0.15, -0.1) is 0 Å². The van der Waals surface area contributed by atoms with E-state index in [1.165, 1.54) is 89.9 Å². The number of nitrogens with one attached hydrogen (secondary N) is 1. The van der Waals surface area contributed by atoms with Gasteiger partial charge in [0.05, 0.1) is 0 Å². The summed E-state index contributed by atoms with van der Waals surface area (Å²) < 4.78 is 0. The second kappa shape index (κ2) is 18.5. The monoisotopic (exact) mass is 436 g/mol. The number of anilines is 1. The molecule has 0 amide bonds. The van der Waals surface area contributed by atoms with E-state index in [2.05, 4.69) is 17.2 Å². The molecule has 0 radical (unpaired) electrons. The first-order chi connectivity index (χ1) is 14.6. The Labute approximate surface area is 189 Å². The number of carbonyl (C=O) groups is 1. The number of thioether (sulfide) groups is 1. The number of nitrogens with zero attached hydrogens (tertiary/aromatic N) is 1. The second-order valence-corrected chi connectivity index (χ2v) is 9.53. The number of carboxylic acid groups (broad SMARTS) is 1. The van der Waals surface area contributed by atoms with Gasteiger partial charge in [-0.1, -0.05) is 96.5 Å². The van der Waals surface area contributed by atoms with Crippen LogP contribution in [0.25, 0.3) is 0 Å². The summed E-state index contributed by atoms with van der Waals surface area (Å²) in [7, 11) is 0. The molecule has 0 aliphatic rings. The third-order valence-corrected chi connectivity index (χ3v) is 6.69. The molecule has 1 atom stereocenters. The van der Waals surface area contributed by atoms with Crippen LogP contribution in [0, 0.1) is 6.92 Å². The lowest BCUT2D eigenvalue weighted by atomic mass is 10.0. The number of hydrogen-bond acceptors (Lipinski definition) is 4. The first-order valence-electron chi connectivity index (χ1n) is 12.1. The minimum absolute atomic E-state index is 0.573. The zero-order valence-corrected chi connectivity index (χ0v) is 20.2. The van der Waals surface area contributed by atoms with Gasteiger partial charge in [-0.2, -0.15) is 11.8 Å². The van der Waals surface area contributed by atoms with Gasteiger partial charge >= 0.3 is 5.97 Å². The van der Waals surface area contributed by atoms with Crippen molar-refractivity contribution in [2.45, 2.75) is 110 Å². The van der Waals surface area contributed by atoms with Crippen LogP contribution in [-0.4, -0.2) is 33.6 Å². The van der Waals surface area contributed by atoms with Crippen LogP contribution < -0.4 is 5.32 Å². The molecule has 0 aromatic carbocycles. The van der Waals surface area contributed by atoms with Gasteiger partial charge in [0.1, 0.15) is 11.9 Å². The Bertz CT molecular complexity index is 554. The lowest BCUT2D eigenvalue weighted by molar-refractivity contribution is -0.137. The van der Waals surface area contributed by atoms with Crippen LogP contribution >= 0.6 is 11.8 Å². The van der Waals surface area contributed by atoms with Crippen molar-refractivity contribution in [1.82, 2.24) is 4.98 Å². The minimum atomic E-state index is -0.812. The van der Waals surface area contributed by atoms with E-state index in [0.29, 0.717) is 11.6 Å². The van der Waals surface area contributed by atoms with Crippen molar-refractivity contribution in [2.24, 2.45) is 0 Å². The number of aromatic nitrogens is 1. The number of rotatable bonds is 20. The normalized spacial score (nSPS) is 12.1. The molecule has 0 spiro atoms. The summed E-state index contributed by atoms with van der Waals surface area (Å²) in [6.07, 6.45) is 20.8. The van der Waals surface area contributed by atoms with Gasteiger partial charge in [-0.25, -0.2) is 9.78 Å². The molecule has 1 aromatic rings. The van der Waals surface area contributed by atoms with Crippen molar-refractivity contribution in [2.75, 3.05) is 16.8 Å². The van der Waals surface area contributed by atoms with Crippen LogP contribution in [0.15, 0.2) is 18.3 Å². The smallest absolute Gasteiger partial charge is 0.327 e. The summed E-state index contributed by atoms with van der Waals surface area (Å²) in [5.41, 5.74) is 0.973. The van der Waals surface area contributed by atoms with Crippen LogP contribution in [0.5, 0.6) is 0 Å². The van der Waals surface area contributed by atoms with Crippen molar-refractivity contribution in [3.8, 4) is 0 Å². The topological polar surface area (TPSA) is 62.2 Å². The van der Waals surface area contributed by atoms with Crippen molar-refractivity contribution in [1.29, 1.82) is 0 Å². The minimum Gasteiger partial charge on any atom is -0.480 e. The fourth-order valence-corrected chi connectivity index (χ4v) is 4.61. The predicted molar refractivity (Wildman–Crippen MR) is 132 cm³/mol. The van der Waals surface area contributed by atoms with Crippen LogP contribution in [0.2, 0.25) is 0 Å². The van der Waals surface area contributed by atoms with E-state index in [9.17, 15) is 9.90 Å². The Morgan fingerprint density at radius 1 is 0.967 bits per heavy atom. The molecule has 0 aliphatic carbocycles. The molecule has 0 aliphatic heterocycles. The average Bonchev–Trinajstić information content (AvgIpc) is 2.73. The van der Waals surface area contributed by atoms with Gasteiger partial charge in [-0.3, -0.25) is 0 Å². The zero-order valence-electron chi connectivity index (χ0n) is 19.3. The van der Waals surface area contributed by atoms with E-state index in [4.69, 9.17) is 0 Å². The highest BCUT2D eigenvalue weighted by atomic mass is 32.2. The zero-order chi connectivity index (χ0) is 21.9. The van der Waals surface area contributed by atoms with Crippen LogP contribution in [-0.2, 0) is 4.79 Å². The molecule has 2 N–H and O–H groups in total. The van der Waals surface area contributed by atoms with E-state index < -0.39 is 12.0 Å². The van der Waals surface area contributed by atoms with Crippen molar-refractivity contribution < 1.29 is 9.90 Å². The van der Waals surface area contributed by atoms with Gasteiger partial charge in [0.15, 0.2) is 0 Å². The molecule has 1 rings (SSSR count). The summed E-state index contributed by atoms with van der Waals surface area (Å²) in [6.45, 7) is 4.22. The highest BCUT2D eigenvalue weighted by Gasteiger charge is 2.18. The Morgan fingerprint density at radius 2 is 1.50 bits per heavy atom. The number of carboxylic acids is 1. The fraction of sp³-hybridized carbons (Fsp3) is 0.760. The average molecular weight is 437 g/mol. The fourth-order valence-electron chi connectivity index (χ4n) is 3.58. The summed E-state index contributed by atoms with van der Waals surface area (Å²) >= 11 is 1.73. The molecule has 30 heavy (non-hydrogen) atoms. The van der Waals surface area contributed by atoms with Crippen molar-refractivity contribution in [3.05, 3.63) is 23.9 Å². The number of aliphatic carboxylic acids is 1. The van der Waals surface area contributed by atoms with Gasteiger partial charge in [0.2, 0.25) is 0 Å². The van der Waals surface area contributed by atoms with E-state index in [1.54, 1.807) is 18.0 Å². The largest absolute Gasteiger partial charge is 0.480 e. The molecular weight excluding hydrogens is 392 g/mol. The molecule has 0 saturated heterocycles. The van der Waals surface area contributed by atoms with Crippen LogP contribution in [0.4, 0.5) is 5.82 Å². The van der Waals surface area contributed by atoms with Gasteiger partial charge in [0.25, 0.3) is 0 Å². The molecule has 172 valence electrons. The maximum Gasteiger partial charge on any atom is 0.327 e. The maximum atomic E-state index is 11.5. The number of aryl methyl sites for hydroxylation is 1. The predicted octanol–water partition coefficient (Wildman–Crippen LogP) is 7.47. The van der Waals surface area contributed by atoms with Crippen LogP contribution in [0.1, 0.15) is 102 Å². The van der Waals surface area contributed by atoms with Gasteiger partial charge < -0.3 is 10.4 Å². The van der Waals surface area contributed by atoms with E-state index >= 15 is 0 Å². The highest BCUT2D eigenvalue weighted by molar-refractivity contribution is 7.99. The number of unbranched alkanes of at least 4 members (excludes halogenated alkanes) is 13. The highest BCUT2D eigenvalue weighted by Crippen LogP contribution is 2.16. The summed E-state index contributed by atoms with van der Waals surface area (Å²) in [4.78, 5) is 15.7. The lowest BCUT2D eigenvalue weighted by Gasteiger charge is -2.16. The molecule has 0 fully saturated rings. The molecule has 0 saturated carbocycles. The van der Waals surface area contributed by atoms with Crippen molar-refractivity contribution >= 4 is 23.5 Å². The Balaban J connectivity index is 1.93. The molecule has 1 aromatic heterocycles. The van der Waals surface area contributed by atoms with E-state index in [-0.39, 0.29) is 0 Å². The van der Waals surface area contributed by atoms with Gasteiger partial charge in [-0.05, 0) is 30.7 Å². The maximum absolute atomic E-state index is 11.5. The summed E-state index contributed by atoms with van der Waals surface area (Å²) in [6, 6.07) is 3.21. The Hall–Kier alpha value is -1.23.